The van der Waals surface area contributed by atoms with Gasteiger partial charge in [-0.3, -0.25) is 14.5 Å². The van der Waals surface area contributed by atoms with Crippen molar-refractivity contribution in [2.24, 2.45) is 0 Å². The van der Waals surface area contributed by atoms with Gasteiger partial charge in [0.1, 0.15) is 11.9 Å². The number of hydrogen-bond acceptors (Lipinski definition) is 3. The molecule has 0 saturated carbocycles. The van der Waals surface area contributed by atoms with Crippen LogP contribution in [0.2, 0.25) is 0 Å². The van der Waals surface area contributed by atoms with Crippen molar-refractivity contribution in [1.82, 2.24) is 4.90 Å². The van der Waals surface area contributed by atoms with Gasteiger partial charge in [-0.1, -0.05) is 19.1 Å². The highest BCUT2D eigenvalue weighted by molar-refractivity contribution is 6.06. The van der Waals surface area contributed by atoms with E-state index in [0.717, 1.165) is 6.42 Å². The van der Waals surface area contributed by atoms with Crippen LogP contribution in [0.1, 0.15) is 25.3 Å². The summed E-state index contributed by atoms with van der Waals surface area (Å²) in [6.07, 6.45) is 0.815. The van der Waals surface area contributed by atoms with Gasteiger partial charge in [-0.25, -0.2) is 4.39 Å². The summed E-state index contributed by atoms with van der Waals surface area (Å²) in [5, 5.41) is 2.86. The molecule has 2 amide bonds. The van der Waals surface area contributed by atoms with Gasteiger partial charge < -0.3 is 5.32 Å². The van der Waals surface area contributed by atoms with E-state index in [1.807, 2.05) is 6.92 Å². The summed E-state index contributed by atoms with van der Waals surface area (Å²) < 4.78 is 13.7. The lowest BCUT2D eigenvalue weighted by Crippen LogP contribution is -2.35. The predicted molar refractivity (Wildman–Crippen MR) is 70.2 cm³/mol. The van der Waals surface area contributed by atoms with Crippen molar-refractivity contribution < 1.29 is 14.0 Å². The van der Waals surface area contributed by atoms with Crippen molar-refractivity contribution in [3.05, 3.63) is 29.6 Å². The van der Waals surface area contributed by atoms with Crippen LogP contribution < -0.4 is 5.32 Å². The fraction of sp³-hybridized carbons (Fsp3) is 0.429. The quantitative estimate of drug-likeness (QED) is 0.847. The maximum absolute atomic E-state index is 13.7. The number of carbonyl (C=O) groups is 2. The highest BCUT2D eigenvalue weighted by Gasteiger charge is 2.38. The van der Waals surface area contributed by atoms with Crippen LogP contribution in [0.5, 0.6) is 0 Å². The number of nitrogens with one attached hydrogen (secondary N) is 1. The number of nitrogens with zero attached hydrogens (tertiary/aromatic N) is 1. The Kier molecular flexibility index (Phi) is 3.83. The van der Waals surface area contributed by atoms with Crippen LogP contribution in [0.25, 0.3) is 0 Å². The summed E-state index contributed by atoms with van der Waals surface area (Å²) in [7, 11) is 0. The number of aryl methyl sites for hydroxylation is 1. The van der Waals surface area contributed by atoms with Crippen LogP contribution in [0.4, 0.5) is 10.1 Å². The SMILES string of the molecule is CCCN1C(=O)CC(Nc2c(C)cccc2F)C1=O. The average Bonchev–Trinajstić information content (AvgIpc) is 2.62. The molecule has 0 aliphatic carbocycles. The van der Waals surface area contributed by atoms with Crippen LogP contribution in [0, 0.1) is 12.7 Å². The van der Waals surface area contributed by atoms with Crippen molar-refractivity contribution in [2.75, 3.05) is 11.9 Å². The van der Waals surface area contributed by atoms with Crippen LogP contribution in [-0.2, 0) is 9.59 Å². The monoisotopic (exact) mass is 264 g/mol. The van der Waals surface area contributed by atoms with Crippen molar-refractivity contribution in [3.63, 3.8) is 0 Å². The molecule has 102 valence electrons. The number of anilines is 1. The lowest BCUT2D eigenvalue weighted by molar-refractivity contribution is -0.138. The van der Waals surface area contributed by atoms with E-state index < -0.39 is 11.9 Å². The van der Waals surface area contributed by atoms with Gasteiger partial charge in [0.25, 0.3) is 5.91 Å². The molecule has 1 atom stereocenters. The Morgan fingerprint density at radius 3 is 2.79 bits per heavy atom. The molecule has 1 fully saturated rings. The van der Waals surface area contributed by atoms with Gasteiger partial charge in [0.15, 0.2) is 0 Å². The predicted octanol–water partition coefficient (Wildman–Crippen LogP) is 2.08. The van der Waals surface area contributed by atoms with Crippen molar-refractivity contribution >= 4 is 17.5 Å². The molecule has 1 N–H and O–H groups in total. The summed E-state index contributed by atoms with van der Waals surface area (Å²) in [4.78, 5) is 25.0. The molecule has 0 bridgehead atoms. The van der Waals surface area contributed by atoms with Crippen LogP contribution in [0.3, 0.4) is 0 Å². The second-order valence-electron chi connectivity index (χ2n) is 4.72. The van der Waals surface area contributed by atoms with E-state index in [4.69, 9.17) is 0 Å². The van der Waals surface area contributed by atoms with Crippen molar-refractivity contribution in [2.45, 2.75) is 32.7 Å². The smallest absolute Gasteiger partial charge is 0.252 e. The van der Waals surface area contributed by atoms with E-state index in [9.17, 15) is 14.0 Å². The van der Waals surface area contributed by atoms with E-state index in [1.54, 1.807) is 19.1 Å². The second kappa shape index (κ2) is 5.38. The van der Waals surface area contributed by atoms with Gasteiger partial charge in [0.2, 0.25) is 5.91 Å². The summed E-state index contributed by atoms with van der Waals surface area (Å²) >= 11 is 0. The fourth-order valence-electron chi connectivity index (χ4n) is 2.24. The van der Waals surface area contributed by atoms with Gasteiger partial charge in [0, 0.05) is 6.54 Å². The summed E-state index contributed by atoms with van der Waals surface area (Å²) in [5.74, 6) is -0.873. The van der Waals surface area contributed by atoms with E-state index in [0.29, 0.717) is 17.8 Å². The Labute approximate surface area is 111 Å². The molecule has 1 unspecified atom stereocenters. The number of carbonyl (C=O) groups excluding carboxylic acids is 2. The minimum atomic E-state index is -0.658. The molecule has 1 aromatic rings. The maximum Gasteiger partial charge on any atom is 0.252 e. The first-order chi connectivity index (χ1) is 9.04. The number of benzene rings is 1. The fourth-order valence-corrected chi connectivity index (χ4v) is 2.24. The highest BCUT2D eigenvalue weighted by atomic mass is 19.1. The summed E-state index contributed by atoms with van der Waals surface area (Å²) in [6.45, 7) is 4.09. The molecule has 1 aliphatic heterocycles. The van der Waals surface area contributed by atoms with Crippen LogP contribution in [0.15, 0.2) is 18.2 Å². The first-order valence-corrected chi connectivity index (χ1v) is 6.40. The molecular weight excluding hydrogens is 247 g/mol. The molecule has 2 rings (SSSR count). The zero-order valence-corrected chi connectivity index (χ0v) is 11.1. The number of imide groups is 1. The van der Waals surface area contributed by atoms with Crippen molar-refractivity contribution in [3.8, 4) is 0 Å². The molecule has 0 aromatic heterocycles. The second-order valence-corrected chi connectivity index (χ2v) is 4.72. The molecule has 1 aliphatic rings. The number of likely N-dealkylation sites (tertiary alicyclic amines) is 1. The van der Waals surface area contributed by atoms with Crippen LogP contribution >= 0.6 is 0 Å². The number of amides is 2. The lowest BCUT2D eigenvalue weighted by Gasteiger charge is -2.16. The Morgan fingerprint density at radius 2 is 2.16 bits per heavy atom. The first kappa shape index (κ1) is 13.5. The standard InChI is InChI=1S/C14H17FN2O2/c1-3-7-17-12(18)8-11(14(17)19)16-13-9(2)5-4-6-10(13)15/h4-6,11,16H,3,7-8H2,1-2H3. The third-order valence-corrected chi connectivity index (χ3v) is 3.23. The summed E-state index contributed by atoms with van der Waals surface area (Å²) in [6, 6.07) is 4.05. The van der Waals surface area contributed by atoms with E-state index in [-0.39, 0.29) is 18.2 Å². The third-order valence-electron chi connectivity index (χ3n) is 3.23. The van der Waals surface area contributed by atoms with E-state index >= 15 is 0 Å². The third kappa shape index (κ3) is 2.59. The minimum Gasteiger partial charge on any atom is -0.371 e. The molecular formula is C14H17FN2O2. The Balaban J connectivity index is 2.17. The van der Waals surface area contributed by atoms with E-state index in [1.165, 1.54) is 11.0 Å². The molecule has 1 aromatic carbocycles. The largest absolute Gasteiger partial charge is 0.371 e. The normalized spacial score (nSPS) is 19.1. The zero-order valence-electron chi connectivity index (χ0n) is 11.1. The molecule has 0 spiro atoms. The molecule has 1 heterocycles. The Hall–Kier alpha value is -1.91. The summed E-state index contributed by atoms with van der Waals surface area (Å²) in [5.41, 5.74) is 1.01. The van der Waals surface area contributed by atoms with Gasteiger partial charge in [-0.15, -0.1) is 0 Å². The first-order valence-electron chi connectivity index (χ1n) is 6.40. The van der Waals surface area contributed by atoms with Gasteiger partial charge in [-0.2, -0.15) is 0 Å². The number of para-hydroxylation sites is 1. The Morgan fingerprint density at radius 1 is 1.42 bits per heavy atom. The minimum absolute atomic E-state index is 0.0899. The van der Waals surface area contributed by atoms with Gasteiger partial charge >= 0.3 is 0 Å². The topological polar surface area (TPSA) is 49.4 Å². The van der Waals surface area contributed by atoms with E-state index in [2.05, 4.69) is 5.32 Å². The number of rotatable bonds is 4. The maximum atomic E-state index is 13.7. The van der Waals surface area contributed by atoms with Crippen molar-refractivity contribution in [1.29, 1.82) is 0 Å². The lowest BCUT2D eigenvalue weighted by atomic mass is 10.1. The number of hydrogen-bond donors (Lipinski definition) is 1. The molecule has 19 heavy (non-hydrogen) atoms. The van der Waals surface area contributed by atoms with Gasteiger partial charge in [-0.05, 0) is 25.0 Å². The average molecular weight is 264 g/mol. The molecule has 1 saturated heterocycles. The van der Waals surface area contributed by atoms with Gasteiger partial charge in [0.05, 0.1) is 12.1 Å². The van der Waals surface area contributed by atoms with Crippen LogP contribution in [-0.4, -0.2) is 29.3 Å². The highest BCUT2D eigenvalue weighted by Crippen LogP contribution is 2.23. The molecule has 4 nitrogen and oxygen atoms in total. The molecule has 5 heteroatoms. The number of halogens is 1. The Bertz CT molecular complexity index is 496. The zero-order chi connectivity index (χ0) is 14.0. The molecule has 0 radical (unpaired) electrons.